The number of carbonyl (C=O) groups is 1. The van der Waals surface area contributed by atoms with E-state index < -0.39 is 6.04 Å². The Morgan fingerprint density at radius 1 is 0.906 bits per heavy atom. The molecule has 5 nitrogen and oxygen atoms in total. The van der Waals surface area contributed by atoms with Gasteiger partial charge in [0.25, 0.3) is 0 Å². The maximum absolute atomic E-state index is 13.2. The predicted molar refractivity (Wildman–Crippen MR) is 124 cm³/mol. The molecule has 1 fully saturated rings. The highest BCUT2D eigenvalue weighted by Gasteiger charge is 2.21. The van der Waals surface area contributed by atoms with Crippen LogP contribution in [0.3, 0.4) is 0 Å². The number of nitrogens with zero attached hydrogens (tertiary/aromatic N) is 1. The molecule has 6 heteroatoms. The molecular formula is C26H28FN3O2. The van der Waals surface area contributed by atoms with Crippen LogP contribution in [0.4, 0.5) is 10.1 Å². The summed E-state index contributed by atoms with van der Waals surface area (Å²) in [6.07, 6.45) is 0. The van der Waals surface area contributed by atoms with Gasteiger partial charge in [0.1, 0.15) is 11.9 Å². The van der Waals surface area contributed by atoms with Crippen molar-refractivity contribution in [2.24, 2.45) is 0 Å². The summed E-state index contributed by atoms with van der Waals surface area (Å²) in [5, 5.41) is 6.33. The molecule has 1 amide bonds. The first-order valence-electron chi connectivity index (χ1n) is 10.9. The van der Waals surface area contributed by atoms with Crippen molar-refractivity contribution in [1.82, 2.24) is 10.2 Å². The average Bonchev–Trinajstić information content (AvgIpc) is 2.83. The van der Waals surface area contributed by atoms with Crippen molar-refractivity contribution in [3.05, 3.63) is 101 Å². The predicted octanol–water partition coefficient (Wildman–Crippen LogP) is 4.13. The Morgan fingerprint density at radius 3 is 2.28 bits per heavy atom. The van der Waals surface area contributed by atoms with Gasteiger partial charge in [-0.1, -0.05) is 54.6 Å². The van der Waals surface area contributed by atoms with Crippen LogP contribution in [0, 0.1) is 5.82 Å². The third-order valence-electron chi connectivity index (χ3n) is 5.62. The molecule has 0 saturated carbocycles. The summed E-state index contributed by atoms with van der Waals surface area (Å²) >= 11 is 0. The Balaban J connectivity index is 1.48. The minimum Gasteiger partial charge on any atom is -0.379 e. The molecule has 0 aromatic heterocycles. The van der Waals surface area contributed by atoms with Crippen molar-refractivity contribution in [3.63, 3.8) is 0 Å². The molecule has 0 aliphatic carbocycles. The largest absolute Gasteiger partial charge is 0.379 e. The number of amides is 1. The molecule has 166 valence electrons. The quantitative estimate of drug-likeness (QED) is 0.561. The molecule has 3 aromatic rings. The van der Waals surface area contributed by atoms with Crippen molar-refractivity contribution in [2.75, 3.05) is 31.6 Å². The number of nitrogens with one attached hydrogen (secondary N) is 2. The summed E-state index contributed by atoms with van der Waals surface area (Å²) < 4.78 is 18.7. The van der Waals surface area contributed by atoms with E-state index in [1.165, 1.54) is 17.7 Å². The fraction of sp³-hybridized carbons (Fsp3) is 0.269. The third kappa shape index (κ3) is 6.01. The highest BCUT2D eigenvalue weighted by atomic mass is 19.1. The van der Waals surface area contributed by atoms with E-state index in [4.69, 9.17) is 4.74 Å². The zero-order valence-electron chi connectivity index (χ0n) is 18.0. The van der Waals surface area contributed by atoms with Crippen molar-refractivity contribution >= 4 is 11.6 Å². The second kappa shape index (κ2) is 11.0. The van der Waals surface area contributed by atoms with Crippen LogP contribution in [-0.2, 0) is 22.6 Å². The molecule has 2 N–H and O–H groups in total. The average molecular weight is 434 g/mol. The van der Waals surface area contributed by atoms with Gasteiger partial charge in [0.2, 0.25) is 5.91 Å². The number of ether oxygens (including phenoxy) is 1. The van der Waals surface area contributed by atoms with Gasteiger partial charge in [-0.05, 0) is 41.0 Å². The molecular weight excluding hydrogens is 405 g/mol. The number of hydrogen-bond donors (Lipinski definition) is 2. The minimum atomic E-state index is -0.544. The lowest BCUT2D eigenvalue weighted by Crippen LogP contribution is -2.36. The molecule has 1 saturated heterocycles. The second-order valence-electron chi connectivity index (χ2n) is 7.88. The van der Waals surface area contributed by atoms with Gasteiger partial charge >= 0.3 is 0 Å². The molecule has 1 aliphatic rings. The van der Waals surface area contributed by atoms with E-state index in [9.17, 15) is 9.18 Å². The van der Waals surface area contributed by atoms with Crippen LogP contribution in [0.5, 0.6) is 0 Å². The molecule has 0 radical (unpaired) electrons. The normalized spacial score (nSPS) is 15.3. The highest BCUT2D eigenvalue weighted by molar-refractivity contribution is 5.95. The molecule has 1 aliphatic heterocycles. The highest BCUT2D eigenvalue weighted by Crippen LogP contribution is 2.19. The van der Waals surface area contributed by atoms with E-state index in [0.29, 0.717) is 12.2 Å². The molecule has 32 heavy (non-hydrogen) atoms. The maximum Gasteiger partial charge on any atom is 0.246 e. The number of anilines is 1. The Hall–Kier alpha value is -3.06. The summed E-state index contributed by atoms with van der Waals surface area (Å²) in [7, 11) is 0. The number of morpholine rings is 1. The zero-order chi connectivity index (χ0) is 22.2. The van der Waals surface area contributed by atoms with Gasteiger partial charge in [-0.15, -0.1) is 0 Å². The Morgan fingerprint density at radius 2 is 1.56 bits per heavy atom. The first kappa shape index (κ1) is 22.1. The summed E-state index contributed by atoms with van der Waals surface area (Å²) in [4.78, 5) is 15.5. The van der Waals surface area contributed by atoms with E-state index in [0.717, 1.165) is 44.0 Å². The van der Waals surface area contributed by atoms with Gasteiger partial charge in [0, 0.05) is 31.9 Å². The SMILES string of the molecule is O=C(Nc1ccc(F)cc1)C(NCc1ccccc1CN1CCOCC1)c1ccccc1. The molecule has 1 atom stereocenters. The summed E-state index contributed by atoms with van der Waals surface area (Å²) in [5.41, 5.74) is 3.84. The van der Waals surface area contributed by atoms with Crippen molar-refractivity contribution in [3.8, 4) is 0 Å². The van der Waals surface area contributed by atoms with Crippen LogP contribution in [0.2, 0.25) is 0 Å². The fourth-order valence-electron chi connectivity index (χ4n) is 3.85. The lowest BCUT2D eigenvalue weighted by Gasteiger charge is -2.27. The fourth-order valence-corrected chi connectivity index (χ4v) is 3.85. The first-order chi connectivity index (χ1) is 15.7. The van der Waals surface area contributed by atoms with Crippen LogP contribution in [0.25, 0.3) is 0 Å². The van der Waals surface area contributed by atoms with Crippen molar-refractivity contribution < 1.29 is 13.9 Å². The van der Waals surface area contributed by atoms with Crippen LogP contribution >= 0.6 is 0 Å². The molecule has 1 unspecified atom stereocenters. The van der Waals surface area contributed by atoms with Crippen LogP contribution in [-0.4, -0.2) is 37.1 Å². The van der Waals surface area contributed by atoms with E-state index in [1.54, 1.807) is 12.1 Å². The number of benzene rings is 3. The minimum absolute atomic E-state index is 0.187. The second-order valence-corrected chi connectivity index (χ2v) is 7.88. The number of halogens is 1. The Bertz CT molecular complexity index is 1010. The third-order valence-corrected chi connectivity index (χ3v) is 5.62. The van der Waals surface area contributed by atoms with Crippen molar-refractivity contribution in [2.45, 2.75) is 19.1 Å². The first-order valence-corrected chi connectivity index (χ1v) is 10.9. The molecule has 0 bridgehead atoms. The van der Waals surface area contributed by atoms with Gasteiger partial charge in [0.15, 0.2) is 0 Å². The van der Waals surface area contributed by atoms with Gasteiger partial charge in [0.05, 0.1) is 13.2 Å². The van der Waals surface area contributed by atoms with E-state index >= 15 is 0 Å². The standard InChI is InChI=1S/C26H28FN3O2/c27-23-10-12-24(13-11-23)29-26(31)25(20-6-2-1-3-7-20)28-18-21-8-4-5-9-22(21)19-30-14-16-32-17-15-30/h1-13,25,28H,14-19H2,(H,29,31). The van der Waals surface area contributed by atoms with E-state index in [2.05, 4.69) is 33.7 Å². The van der Waals surface area contributed by atoms with Gasteiger partial charge in [-0.25, -0.2) is 4.39 Å². The smallest absolute Gasteiger partial charge is 0.246 e. The summed E-state index contributed by atoms with van der Waals surface area (Å²) in [5.74, 6) is -0.522. The maximum atomic E-state index is 13.2. The Kier molecular flexibility index (Phi) is 7.61. The monoisotopic (exact) mass is 433 g/mol. The number of rotatable bonds is 8. The van der Waals surface area contributed by atoms with Crippen LogP contribution < -0.4 is 10.6 Å². The lowest BCUT2D eigenvalue weighted by atomic mass is 10.0. The van der Waals surface area contributed by atoms with Gasteiger partial charge in [-0.2, -0.15) is 0 Å². The number of carbonyl (C=O) groups excluding carboxylic acids is 1. The van der Waals surface area contributed by atoms with Crippen LogP contribution in [0.15, 0.2) is 78.9 Å². The molecule has 3 aromatic carbocycles. The van der Waals surface area contributed by atoms with Gasteiger partial charge < -0.3 is 10.1 Å². The Labute approximate surface area is 188 Å². The summed E-state index contributed by atoms with van der Waals surface area (Å²) in [6.45, 7) is 4.79. The van der Waals surface area contributed by atoms with E-state index in [1.807, 2.05) is 36.4 Å². The molecule has 4 rings (SSSR count). The lowest BCUT2D eigenvalue weighted by molar-refractivity contribution is -0.118. The topological polar surface area (TPSA) is 53.6 Å². The van der Waals surface area contributed by atoms with Crippen LogP contribution in [0.1, 0.15) is 22.7 Å². The zero-order valence-corrected chi connectivity index (χ0v) is 18.0. The molecule has 1 heterocycles. The number of hydrogen-bond acceptors (Lipinski definition) is 4. The molecule has 0 spiro atoms. The van der Waals surface area contributed by atoms with E-state index in [-0.39, 0.29) is 11.7 Å². The van der Waals surface area contributed by atoms with Gasteiger partial charge in [-0.3, -0.25) is 15.0 Å². The summed E-state index contributed by atoms with van der Waals surface area (Å²) in [6, 6.07) is 23.2. The van der Waals surface area contributed by atoms with Crippen molar-refractivity contribution in [1.29, 1.82) is 0 Å².